The van der Waals surface area contributed by atoms with E-state index >= 15 is 0 Å². The third-order valence-electron chi connectivity index (χ3n) is 0.739. The highest BCUT2D eigenvalue weighted by Crippen LogP contribution is 2.09. The van der Waals surface area contributed by atoms with Crippen LogP contribution in [0, 0.1) is 5.41 Å². The SMILES string of the molecule is CC(C)(C)C(N)=O.CCC. The minimum absolute atomic E-state index is 0.257. The first-order valence-electron chi connectivity index (χ1n) is 3.66. The fraction of sp³-hybridized carbons (Fsp3) is 0.875. The van der Waals surface area contributed by atoms with Crippen molar-refractivity contribution in [3.05, 3.63) is 0 Å². The highest BCUT2D eigenvalue weighted by molar-refractivity contribution is 5.79. The first-order chi connectivity index (χ1) is 4.36. The van der Waals surface area contributed by atoms with Gasteiger partial charge in [0.1, 0.15) is 0 Å². The zero-order valence-electron chi connectivity index (χ0n) is 7.69. The molecule has 10 heavy (non-hydrogen) atoms. The first-order valence-corrected chi connectivity index (χ1v) is 3.66. The van der Waals surface area contributed by atoms with E-state index in [1.165, 1.54) is 6.42 Å². The van der Waals surface area contributed by atoms with Crippen molar-refractivity contribution in [2.45, 2.75) is 41.0 Å². The van der Waals surface area contributed by atoms with Crippen LogP contribution in [0.25, 0.3) is 0 Å². The number of carbonyl (C=O) groups excluding carboxylic acids is 1. The predicted molar refractivity (Wildman–Crippen MR) is 44.6 cm³/mol. The Hall–Kier alpha value is -0.530. The Morgan fingerprint density at radius 1 is 1.30 bits per heavy atom. The maximum absolute atomic E-state index is 10.2. The van der Waals surface area contributed by atoms with Gasteiger partial charge >= 0.3 is 0 Å². The lowest BCUT2D eigenvalue weighted by Crippen LogP contribution is -2.27. The van der Waals surface area contributed by atoms with Crippen LogP contribution in [0.3, 0.4) is 0 Å². The highest BCUT2D eigenvalue weighted by Gasteiger charge is 2.16. The molecule has 0 aromatic heterocycles. The molecule has 0 aliphatic heterocycles. The lowest BCUT2D eigenvalue weighted by Gasteiger charge is -2.10. The Bertz CT molecular complexity index is 91.9. The molecule has 62 valence electrons. The predicted octanol–water partition coefficient (Wildman–Crippen LogP) is 1.93. The molecule has 0 atom stereocenters. The molecule has 0 radical (unpaired) electrons. The van der Waals surface area contributed by atoms with Crippen molar-refractivity contribution in [1.82, 2.24) is 0 Å². The summed E-state index contributed by atoms with van der Waals surface area (Å²) in [5.41, 5.74) is 4.57. The number of amides is 1. The summed E-state index contributed by atoms with van der Waals surface area (Å²) in [6.45, 7) is 9.61. The van der Waals surface area contributed by atoms with Crippen LogP contribution in [-0.2, 0) is 4.79 Å². The third-order valence-corrected chi connectivity index (χ3v) is 0.739. The zero-order valence-corrected chi connectivity index (χ0v) is 7.69. The van der Waals surface area contributed by atoms with Crippen LogP contribution < -0.4 is 5.73 Å². The maximum atomic E-state index is 10.2. The summed E-state index contributed by atoms with van der Waals surface area (Å²) >= 11 is 0. The number of nitrogens with two attached hydrogens (primary N) is 1. The fourth-order valence-electron chi connectivity index (χ4n) is 0. The maximum Gasteiger partial charge on any atom is 0.222 e. The van der Waals surface area contributed by atoms with Gasteiger partial charge in [0.25, 0.3) is 0 Å². The van der Waals surface area contributed by atoms with Gasteiger partial charge in [-0.2, -0.15) is 0 Å². The van der Waals surface area contributed by atoms with Crippen LogP contribution in [0.1, 0.15) is 41.0 Å². The Morgan fingerprint density at radius 3 is 1.40 bits per heavy atom. The quantitative estimate of drug-likeness (QED) is 0.556. The molecule has 0 spiro atoms. The van der Waals surface area contributed by atoms with Crippen LogP contribution in [-0.4, -0.2) is 5.91 Å². The van der Waals surface area contributed by atoms with Crippen molar-refractivity contribution in [2.24, 2.45) is 11.1 Å². The Morgan fingerprint density at radius 2 is 1.40 bits per heavy atom. The van der Waals surface area contributed by atoms with Gasteiger partial charge in [0.05, 0.1) is 0 Å². The van der Waals surface area contributed by atoms with E-state index in [1.54, 1.807) is 20.8 Å². The number of hydrogen-bond donors (Lipinski definition) is 1. The Balaban J connectivity index is 0. The third kappa shape index (κ3) is 10.5. The molecule has 0 rings (SSSR count). The van der Waals surface area contributed by atoms with Crippen molar-refractivity contribution in [3.8, 4) is 0 Å². The van der Waals surface area contributed by atoms with Gasteiger partial charge in [0.2, 0.25) is 5.91 Å². The second-order valence-corrected chi connectivity index (χ2v) is 3.32. The van der Waals surface area contributed by atoms with Gasteiger partial charge in [-0.3, -0.25) is 4.79 Å². The average molecular weight is 145 g/mol. The summed E-state index contributed by atoms with van der Waals surface area (Å²) < 4.78 is 0. The summed E-state index contributed by atoms with van der Waals surface area (Å²) in [6.07, 6.45) is 1.25. The number of primary amides is 1. The number of carbonyl (C=O) groups is 1. The number of hydrogen-bond acceptors (Lipinski definition) is 1. The normalized spacial score (nSPS) is 9.70. The van der Waals surface area contributed by atoms with Gasteiger partial charge < -0.3 is 5.73 Å². The van der Waals surface area contributed by atoms with Gasteiger partial charge in [0, 0.05) is 5.41 Å². The van der Waals surface area contributed by atoms with E-state index in [-0.39, 0.29) is 11.3 Å². The van der Waals surface area contributed by atoms with Crippen molar-refractivity contribution in [2.75, 3.05) is 0 Å². The standard InChI is InChI=1S/C5H11NO.C3H8/c1-5(2,3)4(6)7;1-3-2/h1-3H3,(H2,6,7);3H2,1-2H3. The van der Waals surface area contributed by atoms with Crippen LogP contribution in [0.15, 0.2) is 0 Å². The van der Waals surface area contributed by atoms with Gasteiger partial charge in [-0.15, -0.1) is 0 Å². The highest BCUT2D eigenvalue weighted by atomic mass is 16.1. The van der Waals surface area contributed by atoms with E-state index in [0.717, 1.165) is 0 Å². The second-order valence-electron chi connectivity index (χ2n) is 3.32. The molecule has 0 saturated carbocycles. The molecule has 0 aromatic carbocycles. The molecule has 0 aliphatic rings. The molecule has 2 N–H and O–H groups in total. The van der Waals surface area contributed by atoms with Crippen LogP contribution >= 0.6 is 0 Å². The average Bonchev–Trinajstić information content (AvgIpc) is 1.64. The lowest BCUT2D eigenvalue weighted by molar-refractivity contribution is -0.125. The summed E-state index contributed by atoms with van der Waals surface area (Å²) in [5, 5.41) is 0. The largest absolute Gasteiger partial charge is 0.369 e. The van der Waals surface area contributed by atoms with Crippen molar-refractivity contribution >= 4 is 5.91 Å². The van der Waals surface area contributed by atoms with Crippen LogP contribution in [0.5, 0.6) is 0 Å². The topological polar surface area (TPSA) is 43.1 Å². The van der Waals surface area contributed by atoms with E-state index in [0.29, 0.717) is 0 Å². The summed E-state index contributed by atoms with van der Waals surface area (Å²) in [5.74, 6) is -0.257. The van der Waals surface area contributed by atoms with Crippen molar-refractivity contribution < 1.29 is 4.79 Å². The molecule has 0 fully saturated rings. The van der Waals surface area contributed by atoms with E-state index < -0.39 is 0 Å². The molecule has 2 nitrogen and oxygen atoms in total. The minimum atomic E-state index is -0.361. The van der Waals surface area contributed by atoms with Gasteiger partial charge in [-0.25, -0.2) is 0 Å². The smallest absolute Gasteiger partial charge is 0.222 e. The second kappa shape index (κ2) is 5.27. The van der Waals surface area contributed by atoms with Gasteiger partial charge in [-0.05, 0) is 0 Å². The first kappa shape index (κ1) is 12.2. The van der Waals surface area contributed by atoms with Gasteiger partial charge in [-0.1, -0.05) is 41.0 Å². The fourth-order valence-corrected chi connectivity index (χ4v) is 0. The van der Waals surface area contributed by atoms with E-state index in [1.807, 2.05) is 0 Å². The zero-order chi connectivity index (χ0) is 8.78. The van der Waals surface area contributed by atoms with E-state index in [2.05, 4.69) is 13.8 Å². The molecule has 0 aliphatic carbocycles. The Labute approximate surface area is 63.8 Å². The molecular weight excluding hydrogens is 126 g/mol. The van der Waals surface area contributed by atoms with E-state index in [4.69, 9.17) is 5.73 Å². The monoisotopic (exact) mass is 145 g/mol. The summed E-state index contributed by atoms with van der Waals surface area (Å²) in [7, 11) is 0. The molecular formula is C8H19NO. The minimum Gasteiger partial charge on any atom is -0.369 e. The molecule has 0 unspecified atom stereocenters. The van der Waals surface area contributed by atoms with E-state index in [9.17, 15) is 4.79 Å². The van der Waals surface area contributed by atoms with Crippen LogP contribution in [0.4, 0.5) is 0 Å². The molecule has 1 amide bonds. The van der Waals surface area contributed by atoms with Crippen LogP contribution in [0.2, 0.25) is 0 Å². The molecule has 0 heterocycles. The Kier molecular flexibility index (Phi) is 6.42. The van der Waals surface area contributed by atoms with Crippen molar-refractivity contribution in [1.29, 1.82) is 0 Å². The van der Waals surface area contributed by atoms with Crippen molar-refractivity contribution in [3.63, 3.8) is 0 Å². The molecule has 2 heteroatoms. The number of rotatable bonds is 0. The molecule has 0 saturated heterocycles. The lowest BCUT2D eigenvalue weighted by atomic mass is 9.96. The molecule has 0 bridgehead atoms. The van der Waals surface area contributed by atoms with Gasteiger partial charge in [0.15, 0.2) is 0 Å². The summed E-state index contributed by atoms with van der Waals surface area (Å²) in [6, 6.07) is 0. The summed E-state index contributed by atoms with van der Waals surface area (Å²) in [4.78, 5) is 10.2. The molecule has 0 aromatic rings.